The van der Waals surface area contributed by atoms with Gasteiger partial charge in [0.2, 0.25) is 5.91 Å². The summed E-state index contributed by atoms with van der Waals surface area (Å²) in [5.41, 5.74) is 4.24. The highest BCUT2D eigenvalue weighted by molar-refractivity contribution is 5.95. The Balaban J connectivity index is 1.27. The molecule has 1 aromatic carbocycles. The minimum absolute atomic E-state index is 0.0249. The molecular formula is C21H24N6O2. The van der Waals surface area contributed by atoms with Gasteiger partial charge in [0.1, 0.15) is 5.69 Å². The number of hydrogen-bond donors (Lipinski definition) is 2. The summed E-state index contributed by atoms with van der Waals surface area (Å²) in [7, 11) is 0. The van der Waals surface area contributed by atoms with Crippen LogP contribution in [0.15, 0.2) is 42.6 Å². The third-order valence-electron chi connectivity index (χ3n) is 5.18. The van der Waals surface area contributed by atoms with Crippen LogP contribution in [0.5, 0.6) is 0 Å². The van der Waals surface area contributed by atoms with Crippen molar-refractivity contribution in [2.75, 3.05) is 19.6 Å². The lowest BCUT2D eigenvalue weighted by molar-refractivity contribution is -0.129. The molecule has 3 heterocycles. The number of amides is 2. The van der Waals surface area contributed by atoms with Crippen LogP contribution in [0.3, 0.4) is 0 Å². The SMILES string of the molecule is Cc1ccn(CCNC(=O)C2CN(C(=O)c3cc(-c4ccccc4C)n[nH]3)C2)n1. The molecule has 1 aliphatic heterocycles. The van der Waals surface area contributed by atoms with Gasteiger partial charge in [-0.15, -0.1) is 0 Å². The lowest BCUT2D eigenvalue weighted by Gasteiger charge is -2.37. The Morgan fingerprint density at radius 1 is 1.21 bits per heavy atom. The first-order valence-corrected chi connectivity index (χ1v) is 9.69. The molecule has 0 saturated carbocycles. The molecule has 0 spiro atoms. The van der Waals surface area contributed by atoms with Gasteiger partial charge < -0.3 is 10.2 Å². The van der Waals surface area contributed by atoms with Crippen LogP contribution in [-0.4, -0.2) is 56.3 Å². The summed E-state index contributed by atoms with van der Waals surface area (Å²) in [5, 5.41) is 14.3. The van der Waals surface area contributed by atoms with E-state index in [1.807, 2.05) is 50.4 Å². The molecule has 3 aromatic rings. The van der Waals surface area contributed by atoms with E-state index in [4.69, 9.17) is 0 Å². The number of aryl methyl sites for hydroxylation is 2. The molecule has 0 bridgehead atoms. The number of rotatable bonds is 6. The molecule has 8 nitrogen and oxygen atoms in total. The average Bonchev–Trinajstić information content (AvgIpc) is 3.30. The normalized spacial score (nSPS) is 13.9. The van der Waals surface area contributed by atoms with Crippen molar-refractivity contribution in [1.82, 2.24) is 30.2 Å². The second kappa shape index (κ2) is 7.90. The smallest absolute Gasteiger partial charge is 0.271 e. The topological polar surface area (TPSA) is 95.9 Å². The Bertz CT molecular complexity index is 1030. The predicted octanol–water partition coefficient (Wildman–Crippen LogP) is 1.78. The van der Waals surface area contributed by atoms with E-state index in [2.05, 4.69) is 20.6 Å². The van der Waals surface area contributed by atoms with Gasteiger partial charge in [-0.2, -0.15) is 10.2 Å². The minimum atomic E-state index is -0.169. The van der Waals surface area contributed by atoms with E-state index in [1.54, 1.807) is 15.6 Å². The molecule has 0 atom stereocenters. The number of benzene rings is 1. The van der Waals surface area contributed by atoms with Crippen LogP contribution in [0.4, 0.5) is 0 Å². The lowest BCUT2D eigenvalue weighted by atomic mass is 9.98. The Labute approximate surface area is 168 Å². The Morgan fingerprint density at radius 3 is 2.72 bits per heavy atom. The Morgan fingerprint density at radius 2 is 2.00 bits per heavy atom. The van der Waals surface area contributed by atoms with Crippen LogP contribution >= 0.6 is 0 Å². The van der Waals surface area contributed by atoms with Crippen molar-refractivity contribution in [3.8, 4) is 11.3 Å². The summed E-state index contributed by atoms with van der Waals surface area (Å²) in [4.78, 5) is 26.6. The van der Waals surface area contributed by atoms with Gasteiger partial charge in [-0.1, -0.05) is 24.3 Å². The van der Waals surface area contributed by atoms with Gasteiger partial charge in [0.15, 0.2) is 0 Å². The quantitative estimate of drug-likeness (QED) is 0.668. The van der Waals surface area contributed by atoms with Crippen molar-refractivity contribution in [3.05, 3.63) is 59.5 Å². The van der Waals surface area contributed by atoms with Crippen molar-refractivity contribution in [3.63, 3.8) is 0 Å². The standard InChI is InChI=1S/C21H24N6O2/c1-14-5-3-4-6-17(14)18-11-19(24-23-18)21(29)26-12-16(13-26)20(28)22-8-10-27-9-7-15(2)25-27/h3-7,9,11,16H,8,10,12-13H2,1-2H3,(H,22,28)(H,23,24). The zero-order valence-electron chi connectivity index (χ0n) is 16.6. The second-order valence-electron chi connectivity index (χ2n) is 7.40. The van der Waals surface area contributed by atoms with E-state index < -0.39 is 0 Å². The van der Waals surface area contributed by atoms with Crippen LogP contribution in [-0.2, 0) is 11.3 Å². The van der Waals surface area contributed by atoms with E-state index >= 15 is 0 Å². The first-order chi connectivity index (χ1) is 14.0. The highest BCUT2D eigenvalue weighted by Gasteiger charge is 2.36. The fraction of sp³-hybridized carbons (Fsp3) is 0.333. The molecule has 1 saturated heterocycles. The summed E-state index contributed by atoms with van der Waals surface area (Å²) in [6.45, 7) is 5.93. The third-order valence-corrected chi connectivity index (χ3v) is 5.18. The van der Waals surface area contributed by atoms with Crippen LogP contribution in [0.25, 0.3) is 11.3 Å². The highest BCUT2D eigenvalue weighted by Crippen LogP contribution is 2.23. The molecular weight excluding hydrogens is 368 g/mol. The molecule has 1 fully saturated rings. The Hall–Kier alpha value is -3.42. The molecule has 2 amide bonds. The summed E-state index contributed by atoms with van der Waals surface area (Å²) < 4.78 is 1.80. The lowest BCUT2D eigenvalue weighted by Crippen LogP contribution is -2.56. The number of carbonyl (C=O) groups is 2. The molecule has 8 heteroatoms. The number of H-pyrrole nitrogens is 1. The Kier molecular flexibility index (Phi) is 5.16. The molecule has 1 aliphatic rings. The molecule has 0 unspecified atom stereocenters. The summed E-state index contributed by atoms with van der Waals surface area (Å²) in [5.74, 6) is -0.325. The number of carbonyl (C=O) groups excluding carboxylic acids is 2. The predicted molar refractivity (Wildman–Crippen MR) is 108 cm³/mol. The van der Waals surface area contributed by atoms with E-state index in [0.29, 0.717) is 31.9 Å². The highest BCUT2D eigenvalue weighted by atomic mass is 16.2. The van der Waals surface area contributed by atoms with Crippen LogP contribution in [0.2, 0.25) is 0 Å². The van der Waals surface area contributed by atoms with Gasteiger partial charge in [-0.25, -0.2) is 0 Å². The number of likely N-dealkylation sites (tertiary alicyclic amines) is 1. The number of aromatic nitrogens is 4. The maximum absolute atomic E-state index is 12.6. The molecule has 2 N–H and O–H groups in total. The molecule has 0 radical (unpaired) electrons. The maximum Gasteiger partial charge on any atom is 0.271 e. The first kappa shape index (κ1) is 18.9. The van der Waals surface area contributed by atoms with Gasteiger partial charge in [0, 0.05) is 31.4 Å². The van der Waals surface area contributed by atoms with Crippen molar-refractivity contribution < 1.29 is 9.59 Å². The second-order valence-corrected chi connectivity index (χ2v) is 7.40. The largest absolute Gasteiger partial charge is 0.354 e. The average molecular weight is 392 g/mol. The number of nitrogens with zero attached hydrogens (tertiary/aromatic N) is 4. The van der Waals surface area contributed by atoms with Gasteiger partial charge >= 0.3 is 0 Å². The van der Waals surface area contributed by atoms with Crippen molar-refractivity contribution >= 4 is 11.8 Å². The summed E-state index contributed by atoms with van der Waals surface area (Å²) in [6, 6.07) is 11.6. The molecule has 29 heavy (non-hydrogen) atoms. The van der Waals surface area contributed by atoms with Crippen molar-refractivity contribution in [2.24, 2.45) is 5.92 Å². The third kappa shape index (κ3) is 4.06. The minimum Gasteiger partial charge on any atom is -0.354 e. The molecule has 150 valence electrons. The van der Waals surface area contributed by atoms with Crippen molar-refractivity contribution in [2.45, 2.75) is 20.4 Å². The molecule has 0 aliphatic carbocycles. The number of nitrogens with one attached hydrogen (secondary N) is 2. The number of aromatic amines is 1. The zero-order chi connectivity index (χ0) is 20.4. The van der Waals surface area contributed by atoms with Crippen LogP contribution in [0.1, 0.15) is 21.7 Å². The van der Waals surface area contributed by atoms with E-state index in [0.717, 1.165) is 22.5 Å². The van der Waals surface area contributed by atoms with Gasteiger partial charge in [-0.3, -0.25) is 19.4 Å². The number of hydrogen-bond acceptors (Lipinski definition) is 4. The van der Waals surface area contributed by atoms with E-state index in [1.165, 1.54) is 0 Å². The van der Waals surface area contributed by atoms with Crippen molar-refractivity contribution in [1.29, 1.82) is 0 Å². The molecule has 2 aromatic heterocycles. The van der Waals surface area contributed by atoms with E-state index in [-0.39, 0.29) is 17.7 Å². The molecule has 4 rings (SSSR count). The van der Waals surface area contributed by atoms with Gasteiger partial charge in [0.25, 0.3) is 5.91 Å². The van der Waals surface area contributed by atoms with Crippen LogP contribution < -0.4 is 5.32 Å². The maximum atomic E-state index is 12.6. The fourth-order valence-corrected chi connectivity index (χ4v) is 3.44. The monoisotopic (exact) mass is 392 g/mol. The first-order valence-electron chi connectivity index (χ1n) is 9.69. The zero-order valence-corrected chi connectivity index (χ0v) is 16.6. The fourth-order valence-electron chi connectivity index (χ4n) is 3.44. The summed E-state index contributed by atoms with van der Waals surface area (Å²) >= 11 is 0. The summed E-state index contributed by atoms with van der Waals surface area (Å²) in [6.07, 6.45) is 1.89. The van der Waals surface area contributed by atoms with Crippen LogP contribution in [0, 0.1) is 19.8 Å². The van der Waals surface area contributed by atoms with E-state index in [9.17, 15) is 9.59 Å². The van der Waals surface area contributed by atoms with Gasteiger partial charge in [-0.05, 0) is 31.5 Å². The van der Waals surface area contributed by atoms with Gasteiger partial charge in [0.05, 0.1) is 23.9 Å².